The number of halogens is 2. The summed E-state index contributed by atoms with van der Waals surface area (Å²) in [5, 5.41) is 15.8. The molecule has 38 heavy (non-hydrogen) atoms. The molecule has 3 aliphatic rings. The summed E-state index contributed by atoms with van der Waals surface area (Å²) in [5.74, 6) is -0.847. The molecule has 0 saturated heterocycles. The zero-order valence-corrected chi connectivity index (χ0v) is 22.1. The predicted molar refractivity (Wildman–Crippen MR) is 141 cm³/mol. The van der Waals surface area contributed by atoms with Gasteiger partial charge in [-0.05, 0) is 58.5 Å². The van der Waals surface area contributed by atoms with E-state index in [1.807, 2.05) is 18.2 Å². The van der Waals surface area contributed by atoms with Crippen LogP contribution in [-0.2, 0) is 17.6 Å². The van der Waals surface area contributed by atoms with Crippen molar-refractivity contribution < 1.29 is 19.1 Å². The molecule has 0 unspecified atom stereocenters. The molecule has 2 aliphatic heterocycles. The fourth-order valence-corrected chi connectivity index (χ4v) is 5.87. The van der Waals surface area contributed by atoms with E-state index in [4.69, 9.17) is 10.8 Å². The van der Waals surface area contributed by atoms with E-state index < -0.39 is 17.8 Å². The maximum atomic E-state index is 14.5. The summed E-state index contributed by atoms with van der Waals surface area (Å²) < 4.78 is 16.2. The molecule has 4 heterocycles. The molecule has 3 aromatic rings. The van der Waals surface area contributed by atoms with E-state index >= 15 is 0 Å². The number of phenolic OH excluding ortho intramolecular Hbond substituents is 1. The van der Waals surface area contributed by atoms with Crippen LogP contribution in [0.3, 0.4) is 0 Å². The van der Waals surface area contributed by atoms with E-state index in [9.17, 15) is 19.1 Å². The van der Waals surface area contributed by atoms with E-state index in [0.717, 1.165) is 35.4 Å². The Bertz CT molecular complexity index is 1500. The Morgan fingerprint density at radius 2 is 2.03 bits per heavy atom. The Morgan fingerprint density at radius 3 is 2.74 bits per heavy atom. The molecule has 1 aromatic carbocycles. The number of hydrogen-bond acceptors (Lipinski definition) is 6. The monoisotopic (exact) mass is 580 g/mol. The van der Waals surface area contributed by atoms with E-state index in [2.05, 4.69) is 27.5 Å². The lowest BCUT2D eigenvalue weighted by atomic mass is 9.94. The number of carbonyl (C=O) groups excluding carboxylic acids is 2. The number of aromatic hydroxyl groups is 1. The van der Waals surface area contributed by atoms with Crippen molar-refractivity contribution in [3.05, 3.63) is 75.5 Å². The number of nitrogens with two attached hydrogens (primary N) is 1. The highest BCUT2D eigenvalue weighted by molar-refractivity contribution is 9.10. The average molecular weight is 581 g/mol. The van der Waals surface area contributed by atoms with Crippen LogP contribution in [0.25, 0.3) is 5.69 Å². The molecule has 196 valence electrons. The second-order valence-electron chi connectivity index (χ2n) is 9.93. The van der Waals surface area contributed by atoms with Crippen molar-refractivity contribution in [2.75, 3.05) is 25.4 Å². The molecule has 2 aromatic heterocycles. The summed E-state index contributed by atoms with van der Waals surface area (Å²) in [4.78, 5) is 33.5. The SMILES string of the molecule is C=CC(=O)N1CCc2nn(-c3ccc(C4CC4)cc3O)c3c2[C@@H](C1)N(C(=O)c1cnc(Br)c(F)c1N)CC3. The van der Waals surface area contributed by atoms with Gasteiger partial charge in [0.05, 0.1) is 28.7 Å². The molecule has 3 N–H and O–H groups in total. The minimum Gasteiger partial charge on any atom is -0.506 e. The van der Waals surface area contributed by atoms with Gasteiger partial charge in [-0.25, -0.2) is 14.1 Å². The average Bonchev–Trinajstić information content (AvgIpc) is 3.72. The number of anilines is 1. The van der Waals surface area contributed by atoms with Crippen molar-refractivity contribution in [2.45, 2.75) is 37.6 Å². The Morgan fingerprint density at radius 1 is 1.24 bits per heavy atom. The first-order valence-electron chi connectivity index (χ1n) is 12.5. The van der Waals surface area contributed by atoms with Gasteiger partial charge in [-0.3, -0.25) is 9.59 Å². The third-order valence-electron chi connectivity index (χ3n) is 7.68. The van der Waals surface area contributed by atoms with Gasteiger partial charge in [-0.15, -0.1) is 0 Å². The Balaban J connectivity index is 1.44. The van der Waals surface area contributed by atoms with Gasteiger partial charge in [0.1, 0.15) is 16.0 Å². The van der Waals surface area contributed by atoms with Crippen LogP contribution in [0.5, 0.6) is 5.75 Å². The highest BCUT2D eigenvalue weighted by Gasteiger charge is 2.41. The number of rotatable bonds is 4. The van der Waals surface area contributed by atoms with Crippen LogP contribution in [0.15, 0.2) is 41.7 Å². The highest BCUT2D eigenvalue weighted by Crippen LogP contribution is 2.43. The summed E-state index contributed by atoms with van der Waals surface area (Å²) in [5.41, 5.74) is 9.82. The second-order valence-corrected chi connectivity index (χ2v) is 10.7. The van der Waals surface area contributed by atoms with Crippen molar-refractivity contribution in [2.24, 2.45) is 0 Å². The van der Waals surface area contributed by atoms with Gasteiger partial charge in [0.2, 0.25) is 5.91 Å². The fraction of sp³-hybridized carbons (Fsp3) is 0.333. The summed E-state index contributed by atoms with van der Waals surface area (Å²) in [6.07, 6.45) is 5.71. The first-order valence-corrected chi connectivity index (χ1v) is 13.3. The highest BCUT2D eigenvalue weighted by atomic mass is 79.9. The van der Waals surface area contributed by atoms with Crippen LogP contribution in [0.2, 0.25) is 0 Å². The minimum absolute atomic E-state index is 0.0396. The molecule has 2 amide bonds. The smallest absolute Gasteiger partial charge is 0.258 e. The van der Waals surface area contributed by atoms with Crippen LogP contribution in [0, 0.1) is 5.82 Å². The van der Waals surface area contributed by atoms with Gasteiger partial charge in [-0.1, -0.05) is 12.6 Å². The largest absolute Gasteiger partial charge is 0.506 e. The normalized spacial score (nSPS) is 18.6. The maximum absolute atomic E-state index is 14.5. The summed E-state index contributed by atoms with van der Waals surface area (Å²) >= 11 is 3.00. The van der Waals surface area contributed by atoms with Crippen LogP contribution in [-0.4, -0.2) is 61.1 Å². The third kappa shape index (κ3) is 3.96. The minimum atomic E-state index is -0.795. The summed E-state index contributed by atoms with van der Waals surface area (Å²) in [6, 6.07) is 5.19. The number of nitrogen functional groups attached to an aromatic ring is 1. The lowest BCUT2D eigenvalue weighted by Crippen LogP contribution is -2.46. The summed E-state index contributed by atoms with van der Waals surface area (Å²) in [7, 11) is 0. The Kier molecular flexibility index (Phi) is 5.97. The number of hydrogen-bond donors (Lipinski definition) is 2. The molecule has 1 fully saturated rings. The lowest BCUT2D eigenvalue weighted by Gasteiger charge is -2.38. The standard InChI is InChI=1S/C27H26BrFN6O3/c1-2-22(37)33-9-7-17-23-19(35(32-17)18-6-5-15(11-21(18)36)14-3-4-14)8-10-34(20(23)13-33)27(38)16-12-31-26(28)24(29)25(16)30/h2,5-6,11-12,14,20,36H,1,3-4,7-10,13H2,(H2,30,31)/t20-/m1/s1. The second kappa shape index (κ2) is 9.23. The number of nitrogens with zero attached hydrogens (tertiary/aromatic N) is 5. The zero-order chi connectivity index (χ0) is 26.7. The van der Waals surface area contributed by atoms with Crippen LogP contribution >= 0.6 is 15.9 Å². The zero-order valence-electron chi connectivity index (χ0n) is 20.5. The molecular formula is C27H26BrFN6O3. The van der Waals surface area contributed by atoms with Gasteiger partial charge in [0, 0.05) is 44.2 Å². The predicted octanol–water partition coefficient (Wildman–Crippen LogP) is 3.64. The number of pyridine rings is 1. The van der Waals surface area contributed by atoms with Crippen LogP contribution in [0.4, 0.5) is 10.1 Å². The first-order chi connectivity index (χ1) is 18.3. The van der Waals surface area contributed by atoms with E-state index in [0.29, 0.717) is 31.0 Å². The van der Waals surface area contributed by atoms with E-state index in [1.165, 1.54) is 12.3 Å². The molecule has 0 spiro atoms. The summed E-state index contributed by atoms with van der Waals surface area (Å²) in [6.45, 7) is 4.52. The number of carbonyl (C=O) groups is 2. The molecule has 9 nitrogen and oxygen atoms in total. The van der Waals surface area contributed by atoms with Crippen LogP contribution in [0.1, 0.15) is 57.7 Å². The van der Waals surface area contributed by atoms with Crippen molar-refractivity contribution in [1.82, 2.24) is 24.6 Å². The maximum Gasteiger partial charge on any atom is 0.258 e. The van der Waals surface area contributed by atoms with Gasteiger partial charge < -0.3 is 20.6 Å². The quantitative estimate of drug-likeness (QED) is 0.359. The molecule has 1 atom stereocenters. The first kappa shape index (κ1) is 24.6. The molecule has 11 heteroatoms. The van der Waals surface area contributed by atoms with E-state index in [-0.39, 0.29) is 40.6 Å². The van der Waals surface area contributed by atoms with Crippen molar-refractivity contribution >= 4 is 33.4 Å². The van der Waals surface area contributed by atoms with Gasteiger partial charge in [0.25, 0.3) is 5.91 Å². The number of benzene rings is 1. The molecular weight excluding hydrogens is 555 g/mol. The lowest BCUT2D eigenvalue weighted by molar-refractivity contribution is -0.126. The van der Waals surface area contributed by atoms with Gasteiger partial charge in [0.15, 0.2) is 5.82 Å². The number of aromatic nitrogens is 3. The van der Waals surface area contributed by atoms with Gasteiger partial charge in [-0.2, -0.15) is 5.10 Å². The number of phenols is 1. The Hall–Kier alpha value is -3.73. The molecule has 0 radical (unpaired) electrons. The molecule has 0 bridgehead atoms. The Labute approximate surface area is 226 Å². The van der Waals surface area contributed by atoms with Gasteiger partial charge >= 0.3 is 0 Å². The fourth-order valence-electron chi connectivity index (χ4n) is 5.56. The van der Waals surface area contributed by atoms with Crippen molar-refractivity contribution in [3.8, 4) is 11.4 Å². The molecule has 1 saturated carbocycles. The van der Waals surface area contributed by atoms with Crippen molar-refractivity contribution in [1.29, 1.82) is 0 Å². The topological polar surface area (TPSA) is 118 Å². The number of amides is 2. The molecule has 6 rings (SSSR count). The molecule has 1 aliphatic carbocycles. The third-order valence-corrected chi connectivity index (χ3v) is 8.23. The van der Waals surface area contributed by atoms with Crippen LogP contribution < -0.4 is 5.73 Å². The van der Waals surface area contributed by atoms with E-state index in [1.54, 1.807) is 14.5 Å². The van der Waals surface area contributed by atoms with Crippen molar-refractivity contribution in [3.63, 3.8) is 0 Å².